The predicted molar refractivity (Wildman–Crippen MR) is 45.7 cm³/mol. The van der Waals surface area contributed by atoms with Crippen molar-refractivity contribution >= 4 is 26.7 Å². The molecule has 1 rings (SSSR count). The molecule has 0 aromatic heterocycles. The number of aromatic carboxylic acids is 1. The topological polar surface area (TPSA) is 54.4 Å². The summed E-state index contributed by atoms with van der Waals surface area (Å²) in [5.41, 5.74) is 0.0847. The molecule has 12 heavy (non-hydrogen) atoms. The van der Waals surface area contributed by atoms with Gasteiger partial charge < -0.3 is 5.11 Å². The number of hydrogen-bond donors (Lipinski definition) is 1. The second kappa shape index (κ2) is 3.69. The molecule has 0 fully saturated rings. The first-order chi connectivity index (χ1) is 5.61. The number of carboxylic acid groups (broad SMARTS) is 1. The van der Waals surface area contributed by atoms with Crippen molar-refractivity contribution < 1.29 is 14.1 Å². The summed E-state index contributed by atoms with van der Waals surface area (Å²) in [7, 11) is 3.61. The third-order valence-electron chi connectivity index (χ3n) is 1.27. The van der Waals surface area contributed by atoms with Crippen LogP contribution in [0.25, 0.3) is 0 Å². The molecule has 0 aliphatic carbocycles. The van der Waals surface area contributed by atoms with Crippen molar-refractivity contribution in [2.75, 3.05) is 0 Å². The van der Waals surface area contributed by atoms with Crippen LogP contribution in [0.4, 0.5) is 0 Å². The lowest BCUT2D eigenvalue weighted by atomic mass is 10.2. The molecule has 1 aromatic rings. The minimum absolute atomic E-state index is 0.0847. The molecule has 1 unspecified atom stereocenters. The molecule has 0 heterocycles. The zero-order valence-corrected chi connectivity index (χ0v) is 7.43. The average Bonchev–Trinajstić information content (AvgIpc) is 2.04. The second-order valence-electron chi connectivity index (χ2n) is 2.06. The van der Waals surface area contributed by atoms with Gasteiger partial charge in [-0.05, 0) is 28.9 Å². The lowest BCUT2D eigenvalue weighted by Gasteiger charge is -1.95. The molecule has 0 radical (unpaired) electrons. The van der Waals surface area contributed by atoms with E-state index in [1.807, 2.05) is 0 Å². The normalized spacial score (nSPS) is 12.4. The monoisotopic (exact) mass is 204 g/mol. The maximum Gasteiger partial charge on any atom is 0.335 e. The Morgan fingerprint density at radius 3 is 2.67 bits per heavy atom. The van der Waals surface area contributed by atoms with E-state index in [0.29, 0.717) is 4.90 Å². The molecule has 3 nitrogen and oxygen atoms in total. The van der Waals surface area contributed by atoms with Gasteiger partial charge in [0.25, 0.3) is 0 Å². The zero-order valence-electron chi connectivity index (χ0n) is 5.86. The van der Waals surface area contributed by atoms with Crippen LogP contribution in [0, 0.1) is 0 Å². The predicted octanol–water partition coefficient (Wildman–Crippen LogP) is 1.65. The summed E-state index contributed by atoms with van der Waals surface area (Å²) in [5, 5.41) is 8.55. The lowest BCUT2D eigenvalue weighted by molar-refractivity contribution is 0.0696. The third-order valence-corrected chi connectivity index (χ3v) is 2.43. The summed E-state index contributed by atoms with van der Waals surface area (Å²) >= 11 is 0. The highest BCUT2D eigenvalue weighted by molar-refractivity contribution is 8.08. The molecule has 1 aromatic carbocycles. The summed E-state index contributed by atoms with van der Waals surface area (Å²) in [5.74, 6) is -1.06. The zero-order chi connectivity index (χ0) is 9.14. The van der Waals surface area contributed by atoms with Gasteiger partial charge in [-0.15, -0.1) is 0 Å². The van der Waals surface area contributed by atoms with Crippen molar-refractivity contribution in [2.45, 2.75) is 4.90 Å². The summed E-state index contributed by atoms with van der Waals surface area (Å²) in [6.07, 6.45) is 0. The third kappa shape index (κ3) is 2.06. The number of benzene rings is 1. The van der Waals surface area contributed by atoms with Crippen LogP contribution >= 0.6 is 10.7 Å². The van der Waals surface area contributed by atoms with Crippen LogP contribution in [0.5, 0.6) is 0 Å². The van der Waals surface area contributed by atoms with Crippen LogP contribution in [0.1, 0.15) is 10.4 Å². The average molecular weight is 205 g/mol. The van der Waals surface area contributed by atoms with Crippen LogP contribution in [-0.4, -0.2) is 15.3 Å². The Morgan fingerprint density at radius 1 is 1.50 bits per heavy atom. The van der Waals surface area contributed by atoms with Gasteiger partial charge in [-0.3, -0.25) is 0 Å². The van der Waals surface area contributed by atoms with E-state index in [-0.39, 0.29) is 5.56 Å². The highest BCUT2D eigenvalue weighted by Crippen LogP contribution is 2.11. The van der Waals surface area contributed by atoms with Gasteiger partial charge in [0, 0.05) is 0 Å². The van der Waals surface area contributed by atoms with Crippen molar-refractivity contribution in [3.63, 3.8) is 0 Å². The van der Waals surface area contributed by atoms with Crippen LogP contribution in [-0.2, 0) is 10.0 Å². The fourth-order valence-corrected chi connectivity index (χ4v) is 1.42. The molecule has 0 saturated heterocycles. The summed E-state index contributed by atoms with van der Waals surface area (Å²) in [4.78, 5) is 10.7. The quantitative estimate of drug-likeness (QED) is 0.746. The Kier molecular flexibility index (Phi) is 2.83. The van der Waals surface area contributed by atoms with E-state index in [4.69, 9.17) is 15.8 Å². The molecule has 64 valence electrons. The Labute approximate surface area is 75.9 Å². The highest BCUT2D eigenvalue weighted by Gasteiger charge is 2.05. The van der Waals surface area contributed by atoms with Crippen molar-refractivity contribution in [2.24, 2.45) is 0 Å². The van der Waals surface area contributed by atoms with E-state index in [2.05, 4.69) is 0 Å². The molecule has 0 bridgehead atoms. The van der Waals surface area contributed by atoms with Crippen molar-refractivity contribution in [3.8, 4) is 0 Å². The molecule has 0 aliphatic rings. The van der Waals surface area contributed by atoms with Gasteiger partial charge in [0.2, 0.25) is 0 Å². The molecule has 0 aliphatic heterocycles. The molecule has 5 heteroatoms. The van der Waals surface area contributed by atoms with Crippen LogP contribution in [0.3, 0.4) is 0 Å². The van der Waals surface area contributed by atoms with Gasteiger partial charge in [-0.1, -0.05) is 6.07 Å². The molecule has 0 spiro atoms. The van der Waals surface area contributed by atoms with E-state index >= 15 is 0 Å². The fraction of sp³-hybridized carbons (Fsp3) is 0. The summed E-state index contributed by atoms with van der Waals surface area (Å²) in [6.45, 7) is 0. The van der Waals surface area contributed by atoms with Gasteiger partial charge in [-0.25, -0.2) is 9.00 Å². The van der Waals surface area contributed by atoms with Crippen LogP contribution in [0.2, 0.25) is 0 Å². The first-order valence-corrected chi connectivity index (χ1v) is 5.00. The Hall–Kier alpha value is -0.870. The summed E-state index contributed by atoms with van der Waals surface area (Å²) in [6, 6.07) is 5.70. The Balaban J connectivity index is 3.12. The van der Waals surface area contributed by atoms with Crippen LogP contribution in [0.15, 0.2) is 29.2 Å². The Morgan fingerprint density at radius 2 is 2.17 bits per heavy atom. The van der Waals surface area contributed by atoms with E-state index < -0.39 is 16.0 Å². The molecular weight excluding hydrogens is 200 g/mol. The van der Waals surface area contributed by atoms with Crippen molar-refractivity contribution in [1.82, 2.24) is 0 Å². The number of hydrogen-bond acceptors (Lipinski definition) is 2. The van der Waals surface area contributed by atoms with Crippen LogP contribution < -0.4 is 0 Å². The molecule has 0 amide bonds. The molecule has 1 N–H and O–H groups in total. The Bertz CT molecular complexity index is 308. The SMILES string of the molecule is O=C(O)c1cccc(S(=O)Cl)c1. The maximum atomic E-state index is 10.7. The lowest BCUT2D eigenvalue weighted by Crippen LogP contribution is -1.96. The first-order valence-electron chi connectivity index (χ1n) is 3.02. The van der Waals surface area contributed by atoms with Gasteiger partial charge >= 0.3 is 5.97 Å². The van der Waals surface area contributed by atoms with E-state index in [0.717, 1.165) is 0 Å². The van der Waals surface area contributed by atoms with Gasteiger partial charge in [0.15, 0.2) is 0 Å². The number of carboxylic acids is 1. The summed E-state index contributed by atoms with van der Waals surface area (Å²) < 4.78 is 10.7. The molecule has 0 saturated carbocycles. The van der Waals surface area contributed by atoms with Gasteiger partial charge in [-0.2, -0.15) is 0 Å². The fourth-order valence-electron chi connectivity index (χ4n) is 0.729. The molecule has 1 atom stereocenters. The number of rotatable bonds is 2. The smallest absolute Gasteiger partial charge is 0.335 e. The van der Waals surface area contributed by atoms with E-state index in [1.165, 1.54) is 24.3 Å². The first kappa shape index (κ1) is 9.22. The number of halogens is 1. The highest BCUT2D eigenvalue weighted by atomic mass is 35.7. The number of carbonyl (C=O) groups is 1. The van der Waals surface area contributed by atoms with Crippen molar-refractivity contribution in [1.29, 1.82) is 0 Å². The van der Waals surface area contributed by atoms with E-state index in [1.54, 1.807) is 0 Å². The standard InChI is InChI=1S/C7H5ClO3S/c8-12(11)6-3-1-2-5(4-6)7(9)10/h1-4H,(H,9,10). The van der Waals surface area contributed by atoms with Gasteiger partial charge in [0.1, 0.15) is 10.0 Å². The van der Waals surface area contributed by atoms with Gasteiger partial charge in [0.05, 0.1) is 10.5 Å². The second-order valence-corrected chi connectivity index (χ2v) is 3.82. The minimum Gasteiger partial charge on any atom is -0.478 e. The molecular formula is C7H5ClO3S. The maximum absolute atomic E-state index is 10.7. The van der Waals surface area contributed by atoms with E-state index in [9.17, 15) is 9.00 Å². The largest absolute Gasteiger partial charge is 0.478 e. The van der Waals surface area contributed by atoms with Crippen molar-refractivity contribution in [3.05, 3.63) is 29.8 Å². The minimum atomic E-state index is -1.65.